The Morgan fingerprint density at radius 3 is 1.88 bits per heavy atom. The van der Waals surface area contributed by atoms with E-state index in [9.17, 15) is 9.59 Å². The van der Waals surface area contributed by atoms with Crippen LogP contribution in [0.4, 0.5) is 0 Å². The lowest BCUT2D eigenvalue weighted by atomic mass is 10.4. The van der Waals surface area contributed by atoms with Crippen LogP contribution in [0.1, 0.15) is 0 Å². The van der Waals surface area contributed by atoms with E-state index in [1.54, 1.807) is 0 Å². The van der Waals surface area contributed by atoms with Gasteiger partial charge in [0.25, 0.3) is 0 Å². The molecule has 0 aromatic heterocycles. The number of cyclic esters (lactones) is 2. The van der Waals surface area contributed by atoms with Gasteiger partial charge in [0.05, 0.1) is 0 Å². The second kappa shape index (κ2) is 1.07. The quantitative estimate of drug-likeness (QED) is 0.253. The zero-order valence-electron chi connectivity index (χ0n) is 3.79. The van der Waals surface area contributed by atoms with E-state index in [0.717, 1.165) is 0 Å². The van der Waals surface area contributed by atoms with Gasteiger partial charge >= 0.3 is 11.9 Å². The molecule has 0 spiro atoms. The molecular weight excluding hydrogens is 128 g/mol. The Morgan fingerprint density at radius 2 is 1.75 bits per heavy atom. The smallest absolute Gasteiger partial charge is 0.328 e. The standard InChI is InChI=1S/C4H2O3S/c5-3-1-2(8-1)4(6)7-3/h1-2H. The topological polar surface area (TPSA) is 43.4 Å². The first kappa shape index (κ1) is 4.38. The van der Waals surface area contributed by atoms with Gasteiger partial charge in [-0.25, -0.2) is 0 Å². The van der Waals surface area contributed by atoms with Gasteiger partial charge in [0.15, 0.2) is 0 Å². The van der Waals surface area contributed by atoms with Crippen LogP contribution in [0.3, 0.4) is 0 Å². The van der Waals surface area contributed by atoms with Crippen molar-refractivity contribution in [3.63, 3.8) is 0 Å². The van der Waals surface area contributed by atoms with Crippen molar-refractivity contribution in [3.05, 3.63) is 0 Å². The molecule has 2 heterocycles. The number of thioether (sulfide) groups is 1. The van der Waals surface area contributed by atoms with Gasteiger partial charge in [-0.05, 0) is 0 Å². The van der Waals surface area contributed by atoms with Gasteiger partial charge in [-0.1, -0.05) is 0 Å². The van der Waals surface area contributed by atoms with Crippen LogP contribution in [-0.4, -0.2) is 22.4 Å². The molecule has 0 amide bonds. The van der Waals surface area contributed by atoms with Crippen molar-refractivity contribution in [2.24, 2.45) is 0 Å². The first-order chi connectivity index (χ1) is 3.79. The monoisotopic (exact) mass is 130 g/mol. The highest BCUT2D eigenvalue weighted by molar-refractivity contribution is 8.09. The van der Waals surface area contributed by atoms with Gasteiger partial charge in [0, 0.05) is 0 Å². The number of ether oxygens (including phenoxy) is 1. The normalized spacial score (nSPS) is 41.5. The summed E-state index contributed by atoms with van der Waals surface area (Å²) in [5.74, 6) is -0.713. The summed E-state index contributed by atoms with van der Waals surface area (Å²) in [6.07, 6.45) is 0. The van der Waals surface area contributed by atoms with Crippen molar-refractivity contribution in [1.82, 2.24) is 0 Å². The lowest BCUT2D eigenvalue weighted by molar-refractivity contribution is -0.152. The summed E-state index contributed by atoms with van der Waals surface area (Å²) in [4.78, 5) is 20.7. The van der Waals surface area contributed by atoms with Gasteiger partial charge in [-0.3, -0.25) is 9.59 Å². The van der Waals surface area contributed by atoms with Crippen molar-refractivity contribution in [1.29, 1.82) is 0 Å². The highest BCUT2D eigenvalue weighted by atomic mass is 32.2. The van der Waals surface area contributed by atoms with Crippen molar-refractivity contribution in [3.8, 4) is 0 Å². The number of carbonyl (C=O) groups excluding carboxylic acids is 2. The summed E-state index contributed by atoms with van der Waals surface area (Å²) in [5, 5.41) is -0.273. The summed E-state index contributed by atoms with van der Waals surface area (Å²) in [7, 11) is 0. The molecule has 2 fully saturated rings. The van der Waals surface area contributed by atoms with Crippen LogP contribution in [0.2, 0.25) is 0 Å². The highest BCUT2D eigenvalue weighted by Gasteiger charge is 2.58. The number of hydrogen-bond donors (Lipinski definition) is 0. The molecule has 2 aliphatic heterocycles. The van der Waals surface area contributed by atoms with Crippen LogP contribution in [0.15, 0.2) is 0 Å². The molecule has 2 unspecified atom stereocenters. The summed E-state index contributed by atoms with van der Waals surface area (Å²) < 4.78 is 4.22. The second-order valence-corrected chi connectivity index (χ2v) is 3.01. The van der Waals surface area contributed by atoms with Crippen LogP contribution >= 0.6 is 11.8 Å². The average molecular weight is 130 g/mol. The van der Waals surface area contributed by atoms with Crippen LogP contribution in [0.5, 0.6) is 0 Å². The number of esters is 2. The van der Waals surface area contributed by atoms with Gasteiger partial charge in [0.1, 0.15) is 10.5 Å². The van der Waals surface area contributed by atoms with Gasteiger partial charge < -0.3 is 4.74 Å². The molecule has 0 aliphatic carbocycles. The van der Waals surface area contributed by atoms with Crippen molar-refractivity contribution >= 4 is 23.7 Å². The SMILES string of the molecule is O=C1OC(=O)C2SC12. The maximum atomic E-state index is 10.4. The third kappa shape index (κ3) is 0.362. The molecule has 0 N–H and O–H groups in total. The van der Waals surface area contributed by atoms with E-state index in [2.05, 4.69) is 4.74 Å². The first-order valence-electron chi connectivity index (χ1n) is 2.20. The Morgan fingerprint density at radius 1 is 1.25 bits per heavy atom. The largest absolute Gasteiger partial charge is 0.391 e. The predicted molar refractivity (Wildman–Crippen MR) is 26.3 cm³/mol. The van der Waals surface area contributed by atoms with Crippen LogP contribution in [-0.2, 0) is 14.3 Å². The number of fused-ring (bicyclic) bond motifs is 1. The van der Waals surface area contributed by atoms with Crippen LogP contribution in [0, 0.1) is 0 Å². The van der Waals surface area contributed by atoms with Gasteiger partial charge in [0.2, 0.25) is 0 Å². The minimum Gasteiger partial charge on any atom is -0.391 e. The van der Waals surface area contributed by atoms with Crippen LogP contribution in [0.25, 0.3) is 0 Å². The number of hydrogen-bond acceptors (Lipinski definition) is 4. The van der Waals surface area contributed by atoms with Crippen molar-refractivity contribution in [2.75, 3.05) is 0 Å². The Bertz CT molecular complexity index is 158. The number of rotatable bonds is 0. The molecule has 2 saturated heterocycles. The fourth-order valence-corrected chi connectivity index (χ4v) is 1.45. The van der Waals surface area contributed by atoms with E-state index in [1.807, 2.05) is 0 Å². The third-order valence-corrected chi connectivity index (χ3v) is 2.36. The van der Waals surface area contributed by atoms with E-state index in [1.165, 1.54) is 11.8 Å². The molecule has 0 aromatic carbocycles. The van der Waals surface area contributed by atoms with Gasteiger partial charge in [-0.15, -0.1) is 11.8 Å². The van der Waals surface area contributed by atoms with Crippen molar-refractivity contribution in [2.45, 2.75) is 10.5 Å². The highest BCUT2D eigenvalue weighted by Crippen LogP contribution is 2.47. The molecule has 2 rings (SSSR count). The lowest BCUT2D eigenvalue weighted by Gasteiger charge is -1.87. The maximum Gasteiger partial charge on any atom is 0.328 e. The Kier molecular flexibility index (Phi) is 0.588. The minimum atomic E-state index is -0.356. The second-order valence-electron chi connectivity index (χ2n) is 1.72. The molecule has 2 atom stereocenters. The van der Waals surface area contributed by atoms with Gasteiger partial charge in [-0.2, -0.15) is 0 Å². The Balaban J connectivity index is 2.31. The molecule has 0 aromatic rings. The number of carbonyl (C=O) groups is 2. The first-order valence-corrected chi connectivity index (χ1v) is 3.14. The lowest BCUT2D eigenvalue weighted by Crippen LogP contribution is -2.04. The summed E-state index contributed by atoms with van der Waals surface area (Å²) >= 11 is 1.37. The fraction of sp³-hybridized carbons (Fsp3) is 0.500. The van der Waals surface area contributed by atoms with E-state index in [0.29, 0.717) is 0 Å². The van der Waals surface area contributed by atoms with E-state index in [-0.39, 0.29) is 22.4 Å². The van der Waals surface area contributed by atoms with Crippen molar-refractivity contribution < 1.29 is 14.3 Å². The van der Waals surface area contributed by atoms with Crippen LogP contribution < -0.4 is 0 Å². The predicted octanol–water partition coefficient (Wildman–Crippen LogP) is -0.446. The Hall–Kier alpha value is -0.510. The Labute approximate surface area is 49.4 Å². The molecule has 4 heteroatoms. The zero-order valence-corrected chi connectivity index (χ0v) is 4.60. The summed E-state index contributed by atoms with van der Waals surface area (Å²) in [6.45, 7) is 0. The molecular formula is C4H2O3S. The molecule has 0 bridgehead atoms. The molecule has 2 aliphatic rings. The van der Waals surface area contributed by atoms with E-state index >= 15 is 0 Å². The van der Waals surface area contributed by atoms with E-state index < -0.39 is 0 Å². The molecule has 0 radical (unpaired) electrons. The van der Waals surface area contributed by atoms with E-state index in [4.69, 9.17) is 0 Å². The minimum absolute atomic E-state index is 0.137. The molecule has 0 saturated carbocycles. The molecule has 3 nitrogen and oxygen atoms in total. The average Bonchev–Trinajstić information content (AvgIpc) is 2.35. The summed E-state index contributed by atoms with van der Waals surface area (Å²) in [5.41, 5.74) is 0. The molecule has 42 valence electrons. The fourth-order valence-electron chi connectivity index (χ4n) is 0.686. The summed E-state index contributed by atoms with van der Waals surface area (Å²) in [6, 6.07) is 0. The zero-order chi connectivity index (χ0) is 5.72. The molecule has 8 heavy (non-hydrogen) atoms. The third-order valence-electron chi connectivity index (χ3n) is 1.16. The maximum absolute atomic E-state index is 10.4.